The zero-order chi connectivity index (χ0) is 17.4. The Morgan fingerprint density at radius 3 is 2.72 bits per heavy atom. The molecule has 1 atom stereocenters. The number of benzene rings is 1. The summed E-state index contributed by atoms with van der Waals surface area (Å²) in [5, 5.41) is 0. The van der Waals surface area contributed by atoms with Gasteiger partial charge in [-0.25, -0.2) is 0 Å². The zero-order valence-electron chi connectivity index (χ0n) is 15.2. The number of hydrogen-bond donors (Lipinski definition) is 0. The van der Waals surface area contributed by atoms with Crippen molar-refractivity contribution in [1.29, 1.82) is 0 Å². The molecule has 4 rings (SSSR count). The van der Waals surface area contributed by atoms with Crippen molar-refractivity contribution in [3.8, 4) is 0 Å². The van der Waals surface area contributed by atoms with Gasteiger partial charge in [0.05, 0.1) is 5.41 Å². The highest BCUT2D eigenvalue weighted by molar-refractivity contribution is 5.94. The molecule has 1 aromatic carbocycles. The fourth-order valence-corrected chi connectivity index (χ4v) is 4.50. The molecule has 1 unspecified atom stereocenters. The van der Waals surface area contributed by atoms with Gasteiger partial charge in [0.1, 0.15) is 0 Å². The number of likely N-dealkylation sites (tertiary alicyclic amines) is 2. The molecule has 0 aromatic heterocycles. The van der Waals surface area contributed by atoms with Crippen LogP contribution in [0.3, 0.4) is 0 Å². The Morgan fingerprint density at radius 2 is 1.96 bits per heavy atom. The Bertz CT molecular complexity index is 682. The molecule has 25 heavy (non-hydrogen) atoms. The summed E-state index contributed by atoms with van der Waals surface area (Å²) in [5.74, 6) is 1.23. The van der Waals surface area contributed by atoms with E-state index in [1.54, 1.807) is 0 Å². The summed E-state index contributed by atoms with van der Waals surface area (Å²) >= 11 is 0. The lowest BCUT2D eigenvalue weighted by Gasteiger charge is -2.27. The van der Waals surface area contributed by atoms with Gasteiger partial charge in [-0.2, -0.15) is 0 Å². The van der Waals surface area contributed by atoms with Crippen molar-refractivity contribution in [2.24, 2.45) is 11.3 Å². The second-order valence-corrected chi connectivity index (χ2v) is 8.24. The van der Waals surface area contributed by atoms with E-state index in [1.165, 1.54) is 12.8 Å². The average molecular weight is 340 g/mol. The molecule has 0 radical (unpaired) electrons. The number of aryl methyl sites for hydroxylation is 1. The van der Waals surface area contributed by atoms with Crippen LogP contribution in [0.4, 0.5) is 0 Å². The molecule has 0 N–H and O–H groups in total. The fourth-order valence-electron chi connectivity index (χ4n) is 4.50. The van der Waals surface area contributed by atoms with E-state index < -0.39 is 0 Å². The van der Waals surface area contributed by atoms with Crippen LogP contribution in [0.1, 0.15) is 54.4 Å². The SMILES string of the molecule is Cc1cccc(C(=O)N2CCCC3(CC2)CCN(CC2CC2)C3=O)c1. The van der Waals surface area contributed by atoms with Crippen molar-refractivity contribution < 1.29 is 9.59 Å². The minimum absolute atomic E-state index is 0.112. The predicted molar refractivity (Wildman–Crippen MR) is 97.3 cm³/mol. The van der Waals surface area contributed by atoms with Gasteiger partial charge in [-0.1, -0.05) is 17.7 Å². The third-order valence-electron chi connectivity index (χ3n) is 6.27. The Morgan fingerprint density at radius 1 is 1.16 bits per heavy atom. The Balaban J connectivity index is 1.43. The monoisotopic (exact) mass is 340 g/mol. The van der Waals surface area contributed by atoms with Crippen LogP contribution >= 0.6 is 0 Å². The van der Waals surface area contributed by atoms with Crippen molar-refractivity contribution in [2.75, 3.05) is 26.2 Å². The first kappa shape index (κ1) is 16.6. The van der Waals surface area contributed by atoms with Crippen LogP contribution in [0.5, 0.6) is 0 Å². The summed E-state index contributed by atoms with van der Waals surface area (Å²) < 4.78 is 0. The average Bonchev–Trinajstić information content (AvgIpc) is 3.40. The molecule has 1 aromatic rings. The Labute approximate surface area is 150 Å². The third kappa shape index (κ3) is 3.31. The lowest BCUT2D eigenvalue weighted by atomic mass is 9.79. The van der Waals surface area contributed by atoms with Crippen LogP contribution in [0, 0.1) is 18.3 Å². The molecule has 3 aliphatic rings. The van der Waals surface area contributed by atoms with Crippen LogP contribution in [-0.2, 0) is 4.79 Å². The van der Waals surface area contributed by atoms with Gasteiger partial charge in [0.2, 0.25) is 5.91 Å². The van der Waals surface area contributed by atoms with E-state index in [9.17, 15) is 9.59 Å². The highest BCUT2D eigenvalue weighted by Gasteiger charge is 2.48. The molecule has 2 aliphatic heterocycles. The van der Waals surface area contributed by atoms with E-state index in [2.05, 4.69) is 4.90 Å². The molecule has 0 bridgehead atoms. The van der Waals surface area contributed by atoms with Crippen molar-refractivity contribution >= 4 is 11.8 Å². The molecule has 1 saturated carbocycles. The maximum Gasteiger partial charge on any atom is 0.253 e. The molecule has 4 nitrogen and oxygen atoms in total. The van der Waals surface area contributed by atoms with E-state index in [0.717, 1.165) is 62.4 Å². The van der Waals surface area contributed by atoms with Crippen LogP contribution in [-0.4, -0.2) is 47.8 Å². The number of amides is 2. The van der Waals surface area contributed by atoms with Crippen molar-refractivity contribution in [3.63, 3.8) is 0 Å². The molecule has 134 valence electrons. The van der Waals surface area contributed by atoms with Crippen LogP contribution in [0.2, 0.25) is 0 Å². The third-order valence-corrected chi connectivity index (χ3v) is 6.27. The molecule has 1 aliphatic carbocycles. The van der Waals surface area contributed by atoms with Gasteiger partial charge >= 0.3 is 0 Å². The molecule has 2 amide bonds. The number of carbonyl (C=O) groups excluding carboxylic acids is 2. The minimum atomic E-state index is -0.198. The van der Waals surface area contributed by atoms with Gasteiger partial charge < -0.3 is 9.80 Å². The van der Waals surface area contributed by atoms with E-state index in [4.69, 9.17) is 0 Å². The smallest absolute Gasteiger partial charge is 0.253 e. The molecule has 2 saturated heterocycles. The predicted octanol–water partition coefficient (Wildman–Crippen LogP) is 3.25. The molecule has 4 heteroatoms. The first-order chi connectivity index (χ1) is 12.1. The highest BCUT2D eigenvalue weighted by Crippen LogP contribution is 2.43. The fraction of sp³-hybridized carbons (Fsp3) is 0.619. The summed E-state index contributed by atoms with van der Waals surface area (Å²) in [6.07, 6.45) is 6.24. The molecular formula is C21H28N2O2. The second-order valence-electron chi connectivity index (χ2n) is 8.24. The Hall–Kier alpha value is -1.84. The lowest BCUT2D eigenvalue weighted by molar-refractivity contribution is -0.136. The van der Waals surface area contributed by atoms with Gasteiger partial charge in [-0.05, 0) is 63.5 Å². The van der Waals surface area contributed by atoms with E-state index in [0.29, 0.717) is 12.5 Å². The standard InChI is InChI=1S/C21H28N2O2/c1-16-4-2-5-18(14-16)19(24)22-11-3-8-21(9-12-22)10-13-23(20(21)25)15-17-6-7-17/h2,4-5,14,17H,3,6-13,15H2,1H3. The van der Waals surface area contributed by atoms with Gasteiger partial charge in [0.15, 0.2) is 0 Å². The van der Waals surface area contributed by atoms with Crippen LogP contribution < -0.4 is 0 Å². The van der Waals surface area contributed by atoms with E-state index in [1.807, 2.05) is 36.1 Å². The van der Waals surface area contributed by atoms with E-state index in [-0.39, 0.29) is 11.3 Å². The molecular weight excluding hydrogens is 312 g/mol. The van der Waals surface area contributed by atoms with Crippen LogP contribution in [0.25, 0.3) is 0 Å². The first-order valence-electron chi connectivity index (χ1n) is 9.73. The van der Waals surface area contributed by atoms with Crippen molar-refractivity contribution in [1.82, 2.24) is 9.80 Å². The normalized spacial score (nSPS) is 27.0. The maximum absolute atomic E-state index is 13.0. The molecule has 3 fully saturated rings. The summed E-state index contributed by atoms with van der Waals surface area (Å²) in [6, 6.07) is 7.81. The number of rotatable bonds is 3. The largest absolute Gasteiger partial charge is 0.342 e. The number of nitrogens with zero attached hydrogens (tertiary/aromatic N) is 2. The van der Waals surface area contributed by atoms with Gasteiger partial charge in [0, 0.05) is 31.7 Å². The van der Waals surface area contributed by atoms with Gasteiger partial charge in [0.25, 0.3) is 5.91 Å². The van der Waals surface area contributed by atoms with E-state index >= 15 is 0 Å². The van der Waals surface area contributed by atoms with Crippen molar-refractivity contribution in [2.45, 2.75) is 45.4 Å². The van der Waals surface area contributed by atoms with Crippen molar-refractivity contribution in [3.05, 3.63) is 35.4 Å². The second kappa shape index (κ2) is 6.47. The quantitative estimate of drug-likeness (QED) is 0.847. The van der Waals surface area contributed by atoms with Gasteiger partial charge in [-0.3, -0.25) is 9.59 Å². The van der Waals surface area contributed by atoms with Crippen LogP contribution in [0.15, 0.2) is 24.3 Å². The molecule has 2 heterocycles. The number of carbonyl (C=O) groups is 2. The highest BCUT2D eigenvalue weighted by atomic mass is 16.2. The summed E-state index contributed by atoms with van der Waals surface area (Å²) in [6.45, 7) is 5.37. The first-order valence-corrected chi connectivity index (χ1v) is 9.73. The molecule has 1 spiro atoms. The topological polar surface area (TPSA) is 40.6 Å². The Kier molecular flexibility index (Phi) is 4.30. The number of hydrogen-bond acceptors (Lipinski definition) is 2. The summed E-state index contributed by atoms with van der Waals surface area (Å²) in [4.78, 5) is 29.9. The summed E-state index contributed by atoms with van der Waals surface area (Å²) in [5.41, 5.74) is 1.68. The maximum atomic E-state index is 13.0. The van der Waals surface area contributed by atoms with Gasteiger partial charge in [-0.15, -0.1) is 0 Å². The summed E-state index contributed by atoms with van der Waals surface area (Å²) in [7, 11) is 0. The lowest BCUT2D eigenvalue weighted by Crippen LogP contribution is -2.37. The zero-order valence-corrected chi connectivity index (χ0v) is 15.2. The minimum Gasteiger partial charge on any atom is -0.342 e.